The second-order valence-electron chi connectivity index (χ2n) is 8.21. The van der Waals surface area contributed by atoms with Gasteiger partial charge in [-0.05, 0) is 36.8 Å². The lowest BCUT2D eigenvalue weighted by atomic mass is 9.94. The monoisotopic (exact) mass is 499 g/mol. The number of anilines is 1. The van der Waals surface area contributed by atoms with Crippen LogP contribution in [0.25, 0.3) is 0 Å². The predicted molar refractivity (Wildman–Crippen MR) is 131 cm³/mol. The number of nitrogens with one attached hydrogen (secondary N) is 2. The van der Waals surface area contributed by atoms with Gasteiger partial charge < -0.3 is 20.3 Å². The molecule has 0 radical (unpaired) electrons. The molecule has 2 heterocycles. The first-order chi connectivity index (χ1) is 16.9. The van der Waals surface area contributed by atoms with E-state index in [1.54, 1.807) is 6.92 Å². The van der Waals surface area contributed by atoms with Gasteiger partial charge in [-0.3, -0.25) is 15.0 Å². The zero-order valence-corrected chi connectivity index (χ0v) is 20.0. The van der Waals surface area contributed by atoms with Crippen molar-refractivity contribution in [3.05, 3.63) is 80.5 Å². The van der Waals surface area contributed by atoms with Gasteiger partial charge in [-0.2, -0.15) is 0 Å². The molecule has 184 valence electrons. The molecule has 2 aliphatic rings. The number of carbonyl (C=O) groups excluding carboxylic acids is 2. The van der Waals surface area contributed by atoms with Crippen LogP contribution in [0.4, 0.5) is 16.2 Å². The number of ether oxygens (including phenoxy) is 1. The molecule has 1 atom stereocenters. The number of hydrogen-bond donors (Lipinski definition) is 2. The molecule has 0 spiro atoms. The Balaban J connectivity index is 1.57. The van der Waals surface area contributed by atoms with Gasteiger partial charge in [0, 0.05) is 50.6 Å². The summed E-state index contributed by atoms with van der Waals surface area (Å²) in [7, 11) is 0. The molecule has 2 amide bonds. The van der Waals surface area contributed by atoms with Crippen LogP contribution in [0.15, 0.2) is 59.8 Å². The van der Waals surface area contributed by atoms with E-state index < -0.39 is 23.0 Å². The highest BCUT2D eigenvalue weighted by molar-refractivity contribution is 6.33. The Labute approximate surface area is 207 Å². The number of para-hydroxylation sites is 1. The second-order valence-corrected chi connectivity index (χ2v) is 8.61. The molecule has 2 N–H and O–H groups in total. The number of nitro benzene ring substituents is 1. The first-order valence-corrected chi connectivity index (χ1v) is 11.7. The summed E-state index contributed by atoms with van der Waals surface area (Å²) in [5.74, 6) is -0.548. The summed E-state index contributed by atoms with van der Waals surface area (Å²) >= 11 is 6.34. The lowest BCUT2D eigenvalue weighted by Gasteiger charge is -2.38. The quantitative estimate of drug-likeness (QED) is 0.341. The molecular formula is C24H26ClN5O5. The average Bonchev–Trinajstić information content (AvgIpc) is 2.85. The topological polar surface area (TPSA) is 117 Å². The Bertz CT molecular complexity index is 1150. The maximum Gasteiger partial charge on any atom is 0.338 e. The summed E-state index contributed by atoms with van der Waals surface area (Å²) in [6.07, 6.45) is 0. The number of nitrogens with zero attached hydrogens (tertiary/aromatic N) is 3. The Morgan fingerprint density at radius 1 is 1.14 bits per heavy atom. The van der Waals surface area contributed by atoms with Crippen LogP contribution in [0.3, 0.4) is 0 Å². The Morgan fingerprint density at radius 2 is 1.83 bits per heavy atom. The first kappa shape index (κ1) is 24.5. The number of nitro groups is 1. The number of urea groups is 1. The van der Waals surface area contributed by atoms with Crippen LogP contribution in [-0.4, -0.2) is 61.2 Å². The van der Waals surface area contributed by atoms with Crippen LogP contribution in [0.2, 0.25) is 5.02 Å². The minimum Gasteiger partial charge on any atom is -0.463 e. The zero-order valence-electron chi connectivity index (χ0n) is 19.2. The maximum absolute atomic E-state index is 13.0. The smallest absolute Gasteiger partial charge is 0.338 e. The number of rotatable bonds is 7. The van der Waals surface area contributed by atoms with Gasteiger partial charge >= 0.3 is 12.0 Å². The van der Waals surface area contributed by atoms with E-state index in [9.17, 15) is 19.7 Å². The third kappa shape index (κ3) is 5.55. The van der Waals surface area contributed by atoms with Crippen molar-refractivity contribution in [1.82, 2.24) is 15.5 Å². The van der Waals surface area contributed by atoms with Gasteiger partial charge in [0.1, 0.15) is 0 Å². The minimum absolute atomic E-state index is 0.0766. The molecular weight excluding hydrogens is 474 g/mol. The van der Waals surface area contributed by atoms with E-state index in [0.717, 1.165) is 18.8 Å². The Morgan fingerprint density at radius 3 is 2.46 bits per heavy atom. The van der Waals surface area contributed by atoms with Crippen molar-refractivity contribution in [3.63, 3.8) is 0 Å². The lowest BCUT2D eigenvalue weighted by Crippen LogP contribution is -2.51. The van der Waals surface area contributed by atoms with Crippen LogP contribution < -0.4 is 15.5 Å². The Kier molecular flexibility index (Phi) is 7.52. The molecule has 4 rings (SSSR count). The molecule has 1 fully saturated rings. The van der Waals surface area contributed by atoms with Crippen molar-refractivity contribution in [2.24, 2.45) is 0 Å². The van der Waals surface area contributed by atoms with E-state index in [2.05, 4.69) is 20.4 Å². The van der Waals surface area contributed by atoms with E-state index in [0.29, 0.717) is 35.9 Å². The number of esters is 1. The summed E-state index contributed by atoms with van der Waals surface area (Å²) in [5.41, 5.74) is 2.20. The number of hydrogen-bond acceptors (Lipinski definition) is 7. The maximum atomic E-state index is 13.0. The van der Waals surface area contributed by atoms with E-state index in [4.69, 9.17) is 16.3 Å². The number of amides is 2. The fourth-order valence-electron chi connectivity index (χ4n) is 4.31. The number of non-ortho nitro benzene ring substituents is 1. The predicted octanol–water partition coefficient (Wildman–Crippen LogP) is 3.24. The lowest BCUT2D eigenvalue weighted by molar-refractivity contribution is -0.384. The fraction of sp³-hybridized carbons (Fsp3) is 0.333. The molecule has 0 bridgehead atoms. The summed E-state index contributed by atoms with van der Waals surface area (Å²) < 4.78 is 5.30. The van der Waals surface area contributed by atoms with Crippen molar-refractivity contribution >= 4 is 35.0 Å². The van der Waals surface area contributed by atoms with Gasteiger partial charge in [-0.25, -0.2) is 9.59 Å². The molecule has 0 aliphatic carbocycles. The SMILES string of the molecule is CCOC(=O)C1=C(CN2CCN(c3ccccc3Cl)CC2)NC(=O)N[C@H]1c1ccc([N+](=O)[O-])cc1. The van der Waals surface area contributed by atoms with E-state index in [1.807, 2.05) is 24.3 Å². The third-order valence-corrected chi connectivity index (χ3v) is 6.35. The number of carbonyl (C=O) groups is 2. The molecule has 35 heavy (non-hydrogen) atoms. The highest BCUT2D eigenvalue weighted by Gasteiger charge is 2.35. The van der Waals surface area contributed by atoms with Gasteiger partial charge in [0.2, 0.25) is 0 Å². The van der Waals surface area contributed by atoms with Gasteiger partial charge in [0.15, 0.2) is 0 Å². The van der Waals surface area contributed by atoms with Crippen LogP contribution >= 0.6 is 11.6 Å². The minimum atomic E-state index is -0.789. The molecule has 2 aromatic rings. The molecule has 2 aromatic carbocycles. The molecule has 11 heteroatoms. The van der Waals surface area contributed by atoms with Gasteiger partial charge in [0.25, 0.3) is 5.69 Å². The number of piperazine rings is 1. The van der Waals surface area contributed by atoms with Crippen molar-refractivity contribution in [1.29, 1.82) is 0 Å². The summed E-state index contributed by atoms with van der Waals surface area (Å²) in [5, 5.41) is 17.3. The molecule has 1 saturated heterocycles. The average molecular weight is 500 g/mol. The highest BCUT2D eigenvalue weighted by atomic mass is 35.5. The number of halogens is 1. The van der Waals surface area contributed by atoms with E-state index in [1.165, 1.54) is 24.3 Å². The third-order valence-electron chi connectivity index (χ3n) is 6.03. The Hall–Kier alpha value is -3.63. The van der Waals surface area contributed by atoms with Crippen molar-refractivity contribution in [3.8, 4) is 0 Å². The normalized spacial score (nSPS) is 18.6. The van der Waals surface area contributed by atoms with Gasteiger partial charge in [0.05, 0.1) is 33.9 Å². The largest absolute Gasteiger partial charge is 0.463 e. The summed E-state index contributed by atoms with van der Waals surface area (Å²) in [6.45, 7) is 5.12. The highest BCUT2D eigenvalue weighted by Crippen LogP contribution is 2.30. The molecule has 10 nitrogen and oxygen atoms in total. The molecule has 0 saturated carbocycles. The van der Waals surface area contributed by atoms with Gasteiger partial charge in [-0.15, -0.1) is 0 Å². The van der Waals surface area contributed by atoms with Gasteiger partial charge in [-0.1, -0.05) is 23.7 Å². The summed E-state index contributed by atoms with van der Waals surface area (Å²) in [6, 6.07) is 12.2. The first-order valence-electron chi connectivity index (χ1n) is 11.3. The van der Waals surface area contributed by atoms with E-state index >= 15 is 0 Å². The standard InChI is InChI=1S/C24H26ClN5O5/c1-2-35-23(31)21-19(15-28-11-13-29(14-12-28)20-6-4-3-5-18(20)25)26-24(32)27-22(21)16-7-9-17(10-8-16)30(33)34/h3-10,22H,2,11-15H2,1H3,(H2,26,27,32)/t22-/m0/s1. The second kappa shape index (κ2) is 10.7. The van der Waals surface area contributed by atoms with Crippen molar-refractivity contribution in [2.45, 2.75) is 13.0 Å². The van der Waals surface area contributed by atoms with Crippen molar-refractivity contribution in [2.75, 3.05) is 44.2 Å². The van der Waals surface area contributed by atoms with Crippen molar-refractivity contribution < 1.29 is 19.2 Å². The molecule has 0 unspecified atom stereocenters. The molecule has 0 aromatic heterocycles. The van der Waals surface area contributed by atoms with Crippen LogP contribution in [0.1, 0.15) is 18.5 Å². The zero-order chi connectivity index (χ0) is 24.9. The van der Waals surface area contributed by atoms with E-state index in [-0.39, 0.29) is 17.9 Å². The van der Waals surface area contributed by atoms with Crippen LogP contribution in [-0.2, 0) is 9.53 Å². The fourth-order valence-corrected chi connectivity index (χ4v) is 4.56. The number of benzene rings is 2. The van der Waals surface area contributed by atoms with Crippen LogP contribution in [0, 0.1) is 10.1 Å². The molecule has 2 aliphatic heterocycles. The van der Waals surface area contributed by atoms with Crippen LogP contribution in [0.5, 0.6) is 0 Å². The summed E-state index contributed by atoms with van der Waals surface area (Å²) in [4.78, 5) is 40.4.